The number of carbonyl (C=O) groups is 9. The maximum atomic E-state index is 14.6. The number of carboxylic acids is 2. The molecule has 0 aliphatic carbocycles. The number of aromatic nitrogens is 2. The van der Waals surface area contributed by atoms with Crippen LogP contribution in [0, 0.1) is 11.8 Å². The van der Waals surface area contributed by atoms with Gasteiger partial charge in [-0.1, -0.05) is 76.6 Å². The number of aliphatic carboxylic acids is 2. The van der Waals surface area contributed by atoms with Crippen LogP contribution in [0.1, 0.15) is 82.9 Å². The van der Waals surface area contributed by atoms with Crippen molar-refractivity contribution >= 4 is 59.2 Å². The summed E-state index contributed by atoms with van der Waals surface area (Å²) in [7, 11) is 0. The highest BCUT2D eigenvalue weighted by molar-refractivity contribution is 5.98. The van der Waals surface area contributed by atoms with Crippen molar-refractivity contribution in [3.63, 3.8) is 0 Å². The largest absolute Gasteiger partial charge is 0.508 e. The van der Waals surface area contributed by atoms with Gasteiger partial charge in [0.25, 0.3) is 0 Å². The monoisotopic (exact) mass is 1050 g/mol. The van der Waals surface area contributed by atoms with E-state index in [2.05, 4.69) is 47.1 Å². The highest BCUT2D eigenvalue weighted by Gasteiger charge is 2.41. The van der Waals surface area contributed by atoms with E-state index < -0.39 is 120 Å². The Morgan fingerprint density at radius 2 is 1.32 bits per heavy atom. The average molecular weight is 1050 g/mol. The summed E-state index contributed by atoms with van der Waals surface area (Å²) in [6, 6.07) is 3.98. The zero-order valence-corrected chi connectivity index (χ0v) is 42.5. The molecule has 25 heteroatoms. The number of benzene rings is 2. The molecule has 1 aliphatic rings. The van der Waals surface area contributed by atoms with Gasteiger partial charge >= 0.3 is 11.9 Å². The summed E-state index contributed by atoms with van der Waals surface area (Å²) in [6.07, 6.45) is 3.09. The van der Waals surface area contributed by atoms with Gasteiger partial charge in [-0.15, -0.1) is 0 Å². The fraction of sp³-hybridized carbons (Fsp3) is 0.500. The number of hydrogen-bond acceptors (Lipinski definition) is 13. The molecule has 16 N–H and O–H groups in total. The average Bonchev–Trinajstić information content (AvgIpc) is 4.08. The van der Waals surface area contributed by atoms with Crippen LogP contribution >= 0.6 is 0 Å². The first-order valence-corrected chi connectivity index (χ1v) is 24.8. The van der Waals surface area contributed by atoms with Crippen LogP contribution in [0.15, 0.2) is 72.0 Å². The maximum Gasteiger partial charge on any atom is 0.326 e. The second kappa shape index (κ2) is 29.0. The number of nitrogens with two attached hydrogens (primary N) is 3. The van der Waals surface area contributed by atoms with Crippen LogP contribution in [-0.2, 0) is 62.4 Å². The first kappa shape index (κ1) is 59.5. The molecule has 0 saturated carbocycles. The number of nitrogens with one attached hydrogen (secondary N) is 7. The van der Waals surface area contributed by atoms with E-state index in [1.807, 2.05) is 0 Å². The molecule has 2 aromatic carbocycles. The lowest BCUT2D eigenvalue weighted by molar-refractivity contribution is -0.145. The predicted octanol–water partition coefficient (Wildman–Crippen LogP) is -1.31. The van der Waals surface area contributed by atoms with E-state index in [-0.39, 0.29) is 63.3 Å². The lowest BCUT2D eigenvalue weighted by Gasteiger charge is -2.32. The Morgan fingerprint density at radius 3 is 1.92 bits per heavy atom. The molecule has 1 aliphatic heterocycles. The van der Waals surface area contributed by atoms with Gasteiger partial charge in [-0.25, -0.2) is 4.79 Å². The van der Waals surface area contributed by atoms with E-state index in [0.717, 1.165) is 0 Å². The summed E-state index contributed by atoms with van der Waals surface area (Å²) in [6.45, 7) is 6.91. The maximum absolute atomic E-state index is 14.6. The third-order valence-electron chi connectivity index (χ3n) is 12.7. The number of aromatic hydroxyl groups is 1. The van der Waals surface area contributed by atoms with Crippen LogP contribution in [-0.4, -0.2) is 151 Å². The number of likely N-dealkylation sites (tertiary alicyclic amines) is 1. The van der Waals surface area contributed by atoms with Crippen LogP contribution in [0.5, 0.6) is 5.75 Å². The van der Waals surface area contributed by atoms with Crippen molar-refractivity contribution < 1.29 is 58.5 Å². The summed E-state index contributed by atoms with van der Waals surface area (Å²) in [4.78, 5) is 127. The number of phenolic OH excluding ortho intramolecular Hbond substituents is 1. The van der Waals surface area contributed by atoms with Crippen LogP contribution in [0.2, 0.25) is 0 Å². The minimum atomic E-state index is -1.51. The molecule has 25 nitrogen and oxygen atoms in total. The standard InChI is InChI=1S/C50H71N13O12/c1-5-28(4)41(47(72)59-36(23-31-25-55-56-26-31)48(73)63-20-10-14-38(63)45(70)60-37(49(74)75)22-29-11-7-6-8-12-29)62-44(69)35(21-30-15-17-32(64)18-16-30)58-46(71)40(27(2)3)61-43(68)34(13-9-19-54-50(52)53)57-42(67)33(51)24-39(65)66/h6-8,11-12,15-18,25-28,33-38,40-41,64H,5,9-10,13-14,19-24,51H2,1-4H3,(H,55,56)(H,57,67)(H,58,71)(H,59,72)(H,60,70)(H,61,68)(H,62,69)(H,65,66)(H,74,75)(H4,52,53,54)/t28-,33-,34-,35-,36-,37-,38-,40-,41-/m0/s1. The van der Waals surface area contributed by atoms with Crippen LogP contribution in [0.4, 0.5) is 0 Å². The molecule has 0 bridgehead atoms. The molecule has 2 heterocycles. The molecule has 0 unspecified atom stereocenters. The Labute approximate surface area is 434 Å². The minimum Gasteiger partial charge on any atom is -0.508 e. The molecule has 0 spiro atoms. The zero-order valence-electron chi connectivity index (χ0n) is 42.5. The highest BCUT2D eigenvalue weighted by Crippen LogP contribution is 2.21. The molecular formula is C50H71N13O12. The Balaban J connectivity index is 1.59. The van der Waals surface area contributed by atoms with Crippen molar-refractivity contribution in [2.75, 3.05) is 13.1 Å². The van der Waals surface area contributed by atoms with E-state index in [1.54, 1.807) is 58.0 Å². The smallest absolute Gasteiger partial charge is 0.326 e. The quantitative estimate of drug-likeness (QED) is 0.0218. The van der Waals surface area contributed by atoms with Crippen LogP contribution in [0.25, 0.3) is 0 Å². The Morgan fingerprint density at radius 1 is 0.733 bits per heavy atom. The number of nitrogens with zero attached hydrogens (tertiary/aromatic N) is 3. The van der Waals surface area contributed by atoms with Crippen molar-refractivity contribution in [3.05, 3.63) is 83.7 Å². The molecule has 408 valence electrons. The lowest BCUT2D eigenvalue weighted by Crippen LogP contribution is -2.62. The van der Waals surface area contributed by atoms with Crippen molar-refractivity contribution in [2.24, 2.45) is 34.0 Å². The molecule has 1 fully saturated rings. The minimum absolute atomic E-state index is 0.00145. The Hall–Kier alpha value is -8.09. The number of rotatable bonds is 29. The molecule has 4 rings (SSSR count). The molecule has 7 amide bonds. The second-order valence-corrected chi connectivity index (χ2v) is 18.9. The number of carbonyl (C=O) groups excluding carboxylic acids is 7. The number of guanidine groups is 1. The third-order valence-corrected chi connectivity index (χ3v) is 12.7. The van der Waals surface area contributed by atoms with Gasteiger partial charge in [0.15, 0.2) is 5.96 Å². The highest BCUT2D eigenvalue weighted by atomic mass is 16.4. The van der Waals surface area contributed by atoms with Crippen molar-refractivity contribution in [3.8, 4) is 5.75 Å². The summed E-state index contributed by atoms with van der Waals surface area (Å²) in [5, 5.41) is 51.8. The summed E-state index contributed by atoms with van der Waals surface area (Å²) in [5.74, 6) is -9.63. The molecule has 75 heavy (non-hydrogen) atoms. The number of aromatic amines is 1. The third kappa shape index (κ3) is 18.7. The van der Waals surface area contributed by atoms with Crippen LogP contribution < -0.4 is 49.1 Å². The van der Waals surface area contributed by atoms with Gasteiger partial charge in [0.2, 0.25) is 41.4 Å². The molecule has 9 atom stereocenters. The normalized spacial score (nSPS) is 16.3. The number of hydrogen-bond donors (Lipinski definition) is 13. The lowest BCUT2D eigenvalue weighted by atomic mass is 9.96. The van der Waals surface area contributed by atoms with E-state index in [9.17, 15) is 58.5 Å². The van der Waals surface area contributed by atoms with Crippen molar-refractivity contribution in [1.82, 2.24) is 47.0 Å². The van der Waals surface area contributed by atoms with E-state index in [1.165, 1.54) is 41.6 Å². The topological polar surface area (TPSA) is 409 Å². The Kier molecular flexibility index (Phi) is 23.0. The summed E-state index contributed by atoms with van der Waals surface area (Å²) >= 11 is 0. The van der Waals surface area contributed by atoms with Gasteiger partial charge in [-0.05, 0) is 66.3 Å². The molecule has 3 aromatic rings. The summed E-state index contributed by atoms with van der Waals surface area (Å²) < 4.78 is 0. The number of aliphatic imine (C=N–C) groups is 1. The van der Waals surface area contributed by atoms with Gasteiger partial charge in [-0.3, -0.25) is 48.4 Å². The predicted molar refractivity (Wildman–Crippen MR) is 273 cm³/mol. The number of H-pyrrole nitrogens is 1. The van der Waals surface area contributed by atoms with Gasteiger partial charge in [0, 0.05) is 38.5 Å². The van der Waals surface area contributed by atoms with E-state index in [0.29, 0.717) is 29.5 Å². The Bertz CT molecular complexity index is 2450. The van der Waals surface area contributed by atoms with Gasteiger partial charge < -0.3 is 69.3 Å². The summed E-state index contributed by atoms with van der Waals surface area (Å²) in [5.41, 5.74) is 18.3. The molecule has 1 saturated heterocycles. The molecular weight excluding hydrogens is 975 g/mol. The molecule has 1 aromatic heterocycles. The van der Waals surface area contributed by atoms with Gasteiger partial charge in [0.1, 0.15) is 48.0 Å². The molecule has 0 radical (unpaired) electrons. The van der Waals surface area contributed by atoms with Crippen molar-refractivity contribution in [2.45, 2.75) is 134 Å². The van der Waals surface area contributed by atoms with E-state index >= 15 is 0 Å². The second-order valence-electron chi connectivity index (χ2n) is 18.9. The van der Waals surface area contributed by atoms with Gasteiger partial charge in [0.05, 0.1) is 18.7 Å². The number of carboxylic acid groups (broad SMARTS) is 2. The SMILES string of the molecule is CC[C@H](C)[C@H](NC(=O)[C@H](Cc1ccc(O)cc1)NC(=O)[C@@H](NC(=O)[C@H](CCCN=C(N)N)NC(=O)[C@@H](N)CC(=O)O)C(C)C)C(=O)N[C@@H](Cc1cn[nH]c1)C(=O)N1CCC[C@H]1C(=O)N[C@@H](Cc1ccccc1)C(=O)O. The van der Waals surface area contributed by atoms with Gasteiger partial charge in [-0.2, -0.15) is 5.10 Å². The van der Waals surface area contributed by atoms with Crippen molar-refractivity contribution in [1.29, 1.82) is 0 Å². The number of phenols is 1. The zero-order chi connectivity index (χ0) is 55.4. The van der Waals surface area contributed by atoms with Crippen LogP contribution in [0.3, 0.4) is 0 Å². The van der Waals surface area contributed by atoms with E-state index in [4.69, 9.17) is 17.2 Å². The number of amides is 7. The fourth-order valence-electron chi connectivity index (χ4n) is 8.32. The first-order chi connectivity index (χ1) is 35.6. The first-order valence-electron chi connectivity index (χ1n) is 24.8. The fourth-order valence-corrected chi connectivity index (χ4v) is 8.32.